The van der Waals surface area contributed by atoms with Crippen molar-refractivity contribution in [2.45, 2.75) is 32.6 Å². The number of fused-ring (bicyclic) bond motifs is 1. The first-order valence-electron chi connectivity index (χ1n) is 8.51. The minimum absolute atomic E-state index is 0.613. The fourth-order valence-electron chi connectivity index (χ4n) is 3.08. The van der Waals surface area contributed by atoms with E-state index in [2.05, 4.69) is 40.3 Å². The van der Waals surface area contributed by atoms with Gasteiger partial charge in [-0.2, -0.15) is 0 Å². The number of ether oxygens (including phenoxy) is 1. The number of aromatic nitrogens is 2. The Morgan fingerprint density at radius 3 is 2.76 bits per heavy atom. The molecule has 0 unspecified atom stereocenters. The molecule has 4 heteroatoms. The lowest BCUT2D eigenvalue weighted by molar-refractivity contribution is -0.107. The number of nitrogens with zero attached hydrogens (tertiary/aromatic N) is 2. The molecule has 0 saturated carbocycles. The summed E-state index contributed by atoms with van der Waals surface area (Å²) in [5.41, 5.74) is 5.47. The van der Waals surface area contributed by atoms with Crippen LogP contribution in [-0.4, -0.2) is 23.4 Å². The van der Waals surface area contributed by atoms with Crippen LogP contribution in [0.15, 0.2) is 42.7 Å². The fourth-order valence-corrected chi connectivity index (χ4v) is 3.08. The smallest absolute Gasteiger partial charge is 0.123 e. The number of carbonyl (C=O) groups excluding carboxylic acids is 1. The van der Waals surface area contributed by atoms with Gasteiger partial charge < -0.3 is 9.53 Å². The van der Waals surface area contributed by atoms with Gasteiger partial charge >= 0.3 is 0 Å². The van der Waals surface area contributed by atoms with E-state index in [0.717, 1.165) is 53.5 Å². The Morgan fingerprint density at radius 2 is 1.96 bits per heavy atom. The Morgan fingerprint density at radius 1 is 1.12 bits per heavy atom. The molecule has 0 N–H and O–H groups in total. The average Bonchev–Trinajstić information content (AvgIpc) is 2.62. The molecule has 0 amide bonds. The van der Waals surface area contributed by atoms with E-state index < -0.39 is 0 Å². The summed E-state index contributed by atoms with van der Waals surface area (Å²) in [5, 5.41) is 1.06. The van der Waals surface area contributed by atoms with Gasteiger partial charge in [-0.15, -0.1) is 0 Å². The molecular weight excluding hydrogens is 312 g/mol. The van der Waals surface area contributed by atoms with E-state index in [1.54, 1.807) is 13.4 Å². The Kier molecular flexibility index (Phi) is 5.39. The molecule has 128 valence electrons. The van der Waals surface area contributed by atoms with Gasteiger partial charge in [0, 0.05) is 24.3 Å². The standard InChI is InChI=1S/C21H22N2O2/c1-15-10-18-19(22-14-23-20(18)13-21(15)25-2)12-17-8-5-7-16(11-17)6-3-4-9-24/h5,7-11,13-14H,3-4,6,12H2,1-2H3. The molecule has 0 aliphatic rings. The molecule has 4 nitrogen and oxygen atoms in total. The number of aldehydes is 1. The molecule has 1 aromatic heterocycles. The predicted octanol–water partition coefficient (Wildman–Crippen LogP) is 4.06. The van der Waals surface area contributed by atoms with Crippen LogP contribution in [0.25, 0.3) is 10.9 Å². The molecule has 0 aliphatic heterocycles. The van der Waals surface area contributed by atoms with Crippen LogP contribution in [0, 0.1) is 6.92 Å². The quantitative estimate of drug-likeness (QED) is 0.483. The van der Waals surface area contributed by atoms with Crippen molar-refractivity contribution >= 4 is 17.2 Å². The molecule has 0 aliphatic carbocycles. The van der Waals surface area contributed by atoms with Gasteiger partial charge in [0.2, 0.25) is 0 Å². The molecule has 3 aromatic rings. The van der Waals surface area contributed by atoms with Gasteiger partial charge in [0.1, 0.15) is 18.4 Å². The molecule has 0 bridgehead atoms. The minimum Gasteiger partial charge on any atom is -0.496 e. The lowest BCUT2D eigenvalue weighted by Gasteiger charge is -2.10. The lowest BCUT2D eigenvalue weighted by Crippen LogP contribution is -1.98. The Labute approximate surface area is 147 Å². The van der Waals surface area contributed by atoms with Crippen molar-refractivity contribution in [3.05, 3.63) is 65.1 Å². The first kappa shape index (κ1) is 17.1. The summed E-state index contributed by atoms with van der Waals surface area (Å²) < 4.78 is 5.39. The summed E-state index contributed by atoms with van der Waals surface area (Å²) in [6, 6.07) is 12.6. The fraction of sp³-hybridized carbons (Fsp3) is 0.286. The molecule has 0 spiro atoms. The maximum Gasteiger partial charge on any atom is 0.123 e. The van der Waals surface area contributed by atoms with E-state index in [4.69, 9.17) is 4.74 Å². The number of unbranched alkanes of at least 4 members (excludes halogenated alkanes) is 1. The van der Waals surface area contributed by atoms with Crippen LogP contribution in [0.3, 0.4) is 0 Å². The number of methoxy groups -OCH3 is 1. The molecule has 3 rings (SSSR count). The van der Waals surface area contributed by atoms with E-state index in [1.807, 2.05) is 13.0 Å². The predicted molar refractivity (Wildman–Crippen MR) is 99.1 cm³/mol. The van der Waals surface area contributed by atoms with Crippen molar-refractivity contribution in [3.63, 3.8) is 0 Å². The van der Waals surface area contributed by atoms with Crippen LogP contribution in [-0.2, 0) is 17.6 Å². The number of hydrogen-bond donors (Lipinski definition) is 0. The van der Waals surface area contributed by atoms with Gasteiger partial charge in [0.05, 0.1) is 18.3 Å². The second-order valence-corrected chi connectivity index (χ2v) is 6.21. The summed E-state index contributed by atoms with van der Waals surface area (Å²) in [6.07, 6.45) is 5.78. The monoisotopic (exact) mass is 334 g/mol. The first-order chi connectivity index (χ1) is 12.2. The summed E-state index contributed by atoms with van der Waals surface area (Å²) in [4.78, 5) is 19.4. The zero-order valence-corrected chi connectivity index (χ0v) is 14.7. The van der Waals surface area contributed by atoms with Crippen molar-refractivity contribution in [1.29, 1.82) is 0 Å². The van der Waals surface area contributed by atoms with Gasteiger partial charge in [-0.1, -0.05) is 24.3 Å². The third kappa shape index (κ3) is 4.02. The SMILES string of the molecule is COc1cc2ncnc(Cc3cccc(CCCC=O)c3)c2cc1C. The third-order valence-electron chi connectivity index (χ3n) is 4.38. The first-order valence-corrected chi connectivity index (χ1v) is 8.51. The van der Waals surface area contributed by atoms with Crippen LogP contribution in [0.5, 0.6) is 5.75 Å². The normalized spacial score (nSPS) is 10.8. The van der Waals surface area contributed by atoms with Gasteiger partial charge in [0.25, 0.3) is 0 Å². The second kappa shape index (κ2) is 7.88. The summed E-state index contributed by atoms with van der Waals surface area (Å²) in [7, 11) is 1.67. The number of rotatable bonds is 7. The second-order valence-electron chi connectivity index (χ2n) is 6.21. The number of aryl methyl sites for hydroxylation is 2. The topological polar surface area (TPSA) is 52.1 Å². The van der Waals surface area contributed by atoms with Gasteiger partial charge in [-0.3, -0.25) is 0 Å². The van der Waals surface area contributed by atoms with Crippen LogP contribution < -0.4 is 4.74 Å². The van der Waals surface area contributed by atoms with Gasteiger partial charge in [0.15, 0.2) is 0 Å². The molecule has 0 atom stereocenters. The van der Waals surface area contributed by atoms with Crippen molar-refractivity contribution in [2.75, 3.05) is 7.11 Å². The molecule has 1 heterocycles. The van der Waals surface area contributed by atoms with Crippen LogP contribution in [0.2, 0.25) is 0 Å². The van der Waals surface area contributed by atoms with E-state index in [0.29, 0.717) is 6.42 Å². The van der Waals surface area contributed by atoms with Crippen LogP contribution in [0.1, 0.15) is 35.2 Å². The highest BCUT2D eigenvalue weighted by Crippen LogP contribution is 2.26. The minimum atomic E-state index is 0.613. The molecule has 0 fully saturated rings. The Hall–Kier alpha value is -2.75. The van der Waals surface area contributed by atoms with Gasteiger partial charge in [-0.25, -0.2) is 9.97 Å². The lowest BCUT2D eigenvalue weighted by atomic mass is 10.0. The van der Waals surface area contributed by atoms with Crippen molar-refractivity contribution < 1.29 is 9.53 Å². The number of carbonyl (C=O) groups is 1. The molecular formula is C21H22N2O2. The van der Waals surface area contributed by atoms with Crippen molar-refractivity contribution in [1.82, 2.24) is 9.97 Å². The average molecular weight is 334 g/mol. The maximum atomic E-state index is 10.5. The highest BCUT2D eigenvalue weighted by atomic mass is 16.5. The molecule has 0 radical (unpaired) electrons. The maximum absolute atomic E-state index is 10.5. The Balaban J connectivity index is 1.89. The summed E-state index contributed by atoms with van der Waals surface area (Å²) >= 11 is 0. The van der Waals surface area contributed by atoms with Crippen LogP contribution >= 0.6 is 0 Å². The van der Waals surface area contributed by atoms with Gasteiger partial charge in [-0.05, 0) is 42.5 Å². The molecule has 2 aromatic carbocycles. The molecule has 25 heavy (non-hydrogen) atoms. The number of benzene rings is 2. The number of hydrogen-bond acceptors (Lipinski definition) is 4. The van der Waals surface area contributed by atoms with Crippen molar-refractivity contribution in [2.24, 2.45) is 0 Å². The summed E-state index contributed by atoms with van der Waals surface area (Å²) in [6.45, 7) is 2.03. The van der Waals surface area contributed by atoms with Crippen LogP contribution in [0.4, 0.5) is 0 Å². The Bertz CT molecular complexity index is 890. The van der Waals surface area contributed by atoms with Crippen molar-refractivity contribution in [3.8, 4) is 5.75 Å². The summed E-state index contributed by atoms with van der Waals surface area (Å²) in [5.74, 6) is 0.842. The van der Waals surface area contributed by atoms with E-state index in [1.165, 1.54) is 11.1 Å². The highest BCUT2D eigenvalue weighted by molar-refractivity contribution is 5.83. The highest BCUT2D eigenvalue weighted by Gasteiger charge is 2.09. The zero-order chi connectivity index (χ0) is 17.6. The molecule has 0 saturated heterocycles. The largest absolute Gasteiger partial charge is 0.496 e. The zero-order valence-electron chi connectivity index (χ0n) is 14.7. The van der Waals surface area contributed by atoms with E-state index in [9.17, 15) is 4.79 Å². The van der Waals surface area contributed by atoms with E-state index >= 15 is 0 Å². The third-order valence-corrected chi connectivity index (χ3v) is 4.38. The van der Waals surface area contributed by atoms with E-state index in [-0.39, 0.29) is 0 Å².